The highest BCUT2D eigenvalue weighted by Crippen LogP contribution is 2.19. The van der Waals surface area contributed by atoms with E-state index in [1.807, 2.05) is 13.1 Å². The van der Waals surface area contributed by atoms with Gasteiger partial charge in [-0.2, -0.15) is 0 Å². The quantitative estimate of drug-likeness (QED) is 0.930. The lowest BCUT2D eigenvalue weighted by molar-refractivity contribution is 0.661. The summed E-state index contributed by atoms with van der Waals surface area (Å²) in [5, 5.41) is 6.24. The molecule has 0 amide bonds. The summed E-state index contributed by atoms with van der Waals surface area (Å²) >= 11 is 13.5. The van der Waals surface area contributed by atoms with Crippen molar-refractivity contribution in [3.8, 4) is 0 Å². The molecule has 3 nitrogen and oxygen atoms in total. The molecule has 1 N–H and O–H groups in total. The zero-order valence-electron chi connectivity index (χ0n) is 8.70. The van der Waals surface area contributed by atoms with Crippen LogP contribution in [0.4, 0.5) is 0 Å². The minimum absolute atomic E-state index is 0.415. The molecule has 2 aromatic heterocycles. The molecule has 0 unspecified atom stereocenters. The van der Waals surface area contributed by atoms with Crippen LogP contribution in [0.15, 0.2) is 17.5 Å². The minimum atomic E-state index is 0.415. The Morgan fingerprint density at radius 3 is 2.81 bits per heavy atom. The third-order valence-electron chi connectivity index (χ3n) is 2.28. The first-order chi connectivity index (χ1) is 7.68. The predicted octanol–water partition coefficient (Wildman–Crippen LogP) is 3.08. The summed E-state index contributed by atoms with van der Waals surface area (Å²) in [4.78, 5) is 5.28. The van der Waals surface area contributed by atoms with Crippen molar-refractivity contribution >= 4 is 34.5 Å². The highest BCUT2D eigenvalue weighted by Gasteiger charge is 2.10. The Kier molecular flexibility index (Phi) is 3.86. The normalized spacial score (nSPS) is 10.9. The van der Waals surface area contributed by atoms with E-state index in [4.69, 9.17) is 23.2 Å². The molecule has 0 bridgehead atoms. The molecule has 0 aliphatic heterocycles. The molecule has 6 heteroatoms. The molecule has 2 rings (SSSR count). The number of aromatic nitrogens is 2. The molecule has 2 heterocycles. The fourth-order valence-corrected chi connectivity index (χ4v) is 2.56. The van der Waals surface area contributed by atoms with Crippen molar-refractivity contribution in [3.63, 3.8) is 0 Å². The molecule has 0 radical (unpaired) electrons. The van der Waals surface area contributed by atoms with Crippen LogP contribution in [0.1, 0.15) is 10.6 Å². The van der Waals surface area contributed by atoms with Crippen LogP contribution in [0.25, 0.3) is 0 Å². The molecule has 0 atom stereocenters. The topological polar surface area (TPSA) is 29.9 Å². The fourth-order valence-electron chi connectivity index (χ4n) is 1.38. The Morgan fingerprint density at radius 2 is 2.25 bits per heavy atom. The van der Waals surface area contributed by atoms with Crippen LogP contribution in [0.2, 0.25) is 10.4 Å². The number of hydrogen-bond donors (Lipinski definition) is 1. The fraction of sp³-hybridized carbons (Fsp3) is 0.300. The molecule has 86 valence electrons. The van der Waals surface area contributed by atoms with Gasteiger partial charge >= 0.3 is 0 Å². The monoisotopic (exact) mass is 275 g/mol. The van der Waals surface area contributed by atoms with E-state index in [2.05, 4.69) is 21.7 Å². The van der Waals surface area contributed by atoms with Gasteiger partial charge in [0.1, 0.15) is 0 Å². The van der Waals surface area contributed by atoms with E-state index in [1.54, 1.807) is 15.9 Å². The number of nitrogens with one attached hydrogen (secondary N) is 1. The van der Waals surface area contributed by atoms with Crippen molar-refractivity contribution in [3.05, 3.63) is 38.5 Å². The van der Waals surface area contributed by atoms with Gasteiger partial charge in [-0.25, -0.2) is 4.98 Å². The molecule has 0 aliphatic carbocycles. The van der Waals surface area contributed by atoms with Crippen molar-refractivity contribution in [2.24, 2.45) is 7.05 Å². The molecular formula is C10H11Cl2N3S. The molecule has 0 aromatic carbocycles. The maximum absolute atomic E-state index is 5.96. The van der Waals surface area contributed by atoms with Gasteiger partial charge in [-0.3, -0.25) is 0 Å². The van der Waals surface area contributed by atoms with Crippen LogP contribution in [-0.2, 0) is 20.1 Å². The maximum atomic E-state index is 5.96. The molecule has 0 spiro atoms. The highest BCUT2D eigenvalue weighted by molar-refractivity contribution is 7.09. The SMILES string of the molecule is Cn1c(Cl)nc(Cl)c1CNCc1cccs1. The molecule has 0 fully saturated rings. The van der Waals surface area contributed by atoms with Gasteiger partial charge < -0.3 is 9.88 Å². The van der Waals surface area contributed by atoms with Crippen LogP contribution in [0.5, 0.6) is 0 Å². The van der Waals surface area contributed by atoms with Gasteiger partial charge in [-0.05, 0) is 23.0 Å². The van der Waals surface area contributed by atoms with Gasteiger partial charge in [0.15, 0.2) is 5.15 Å². The van der Waals surface area contributed by atoms with Gasteiger partial charge in [-0.15, -0.1) is 11.3 Å². The third kappa shape index (κ3) is 2.58. The number of hydrogen-bond acceptors (Lipinski definition) is 3. The first-order valence-corrected chi connectivity index (χ1v) is 6.41. The Hall–Kier alpha value is -0.550. The van der Waals surface area contributed by atoms with Gasteiger partial charge in [-0.1, -0.05) is 17.7 Å². The van der Waals surface area contributed by atoms with Crippen LogP contribution in [0, 0.1) is 0 Å². The summed E-state index contributed by atoms with van der Waals surface area (Å²) in [6.07, 6.45) is 0. The Morgan fingerprint density at radius 1 is 1.44 bits per heavy atom. The summed E-state index contributed by atoms with van der Waals surface area (Å²) in [5.41, 5.74) is 0.906. The molecule has 0 saturated heterocycles. The van der Waals surface area contributed by atoms with Crippen LogP contribution >= 0.6 is 34.5 Å². The highest BCUT2D eigenvalue weighted by atomic mass is 35.5. The molecule has 16 heavy (non-hydrogen) atoms. The van der Waals surface area contributed by atoms with Gasteiger partial charge in [0.2, 0.25) is 5.28 Å². The Labute approximate surface area is 108 Å². The average molecular weight is 276 g/mol. The number of imidazole rings is 1. The molecule has 0 aliphatic rings. The van der Waals surface area contributed by atoms with E-state index >= 15 is 0 Å². The van der Waals surface area contributed by atoms with Crippen molar-refractivity contribution in [1.82, 2.24) is 14.9 Å². The third-order valence-corrected chi connectivity index (χ3v) is 3.80. The van der Waals surface area contributed by atoms with E-state index < -0.39 is 0 Å². The number of nitrogens with zero attached hydrogens (tertiary/aromatic N) is 2. The van der Waals surface area contributed by atoms with Crippen LogP contribution in [-0.4, -0.2) is 9.55 Å². The van der Waals surface area contributed by atoms with Gasteiger partial charge in [0.25, 0.3) is 0 Å². The lowest BCUT2D eigenvalue weighted by Gasteiger charge is -2.04. The van der Waals surface area contributed by atoms with Crippen LogP contribution < -0.4 is 5.32 Å². The van der Waals surface area contributed by atoms with E-state index in [0.29, 0.717) is 17.0 Å². The van der Waals surface area contributed by atoms with E-state index in [1.165, 1.54) is 4.88 Å². The zero-order chi connectivity index (χ0) is 11.5. The number of thiophene rings is 1. The Bertz CT molecular complexity index is 465. The first kappa shape index (κ1) is 11.9. The van der Waals surface area contributed by atoms with Crippen molar-refractivity contribution in [1.29, 1.82) is 0 Å². The maximum Gasteiger partial charge on any atom is 0.204 e. The summed E-state index contributed by atoms with van der Waals surface area (Å²) in [6.45, 7) is 1.49. The van der Waals surface area contributed by atoms with E-state index in [9.17, 15) is 0 Å². The average Bonchev–Trinajstić information content (AvgIpc) is 2.82. The zero-order valence-corrected chi connectivity index (χ0v) is 11.0. The number of rotatable bonds is 4. The lowest BCUT2D eigenvalue weighted by atomic mass is 10.4. The van der Waals surface area contributed by atoms with Gasteiger partial charge in [0.05, 0.1) is 5.69 Å². The summed E-state index contributed by atoms with van der Waals surface area (Å²) in [5.74, 6) is 0. The molecule has 0 saturated carbocycles. The summed E-state index contributed by atoms with van der Waals surface area (Å²) in [7, 11) is 1.85. The standard InChI is InChI=1S/C10H11Cl2N3S/c1-15-8(9(11)14-10(15)12)6-13-5-7-3-2-4-16-7/h2-4,13H,5-6H2,1H3. The van der Waals surface area contributed by atoms with Gasteiger partial charge in [0, 0.05) is 25.0 Å². The summed E-state index contributed by atoms with van der Waals surface area (Å²) in [6, 6.07) is 4.13. The smallest absolute Gasteiger partial charge is 0.204 e. The predicted molar refractivity (Wildman–Crippen MR) is 68.1 cm³/mol. The first-order valence-electron chi connectivity index (χ1n) is 4.78. The van der Waals surface area contributed by atoms with Crippen LogP contribution in [0.3, 0.4) is 0 Å². The largest absolute Gasteiger partial charge is 0.319 e. The van der Waals surface area contributed by atoms with Crippen molar-refractivity contribution in [2.75, 3.05) is 0 Å². The second-order valence-electron chi connectivity index (χ2n) is 3.36. The van der Waals surface area contributed by atoms with E-state index in [-0.39, 0.29) is 0 Å². The lowest BCUT2D eigenvalue weighted by Crippen LogP contribution is -2.14. The Balaban J connectivity index is 1.95. The molecule has 2 aromatic rings. The van der Waals surface area contributed by atoms with E-state index in [0.717, 1.165) is 12.2 Å². The second-order valence-corrected chi connectivity index (χ2v) is 5.09. The summed E-state index contributed by atoms with van der Waals surface area (Å²) < 4.78 is 1.78. The van der Waals surface area contributed by atoms with Crippen molar-refractivity contribution < 1.29 is 0 Å². The number of halogens is 2. The van der Waals surface area contributed by atoms with Crippen molar-refractivity contribution in [2.45, 2.75) is 13.1 Å². The second kappa shape index (κ2) is 5.19. The molecular weight excluding hydrogens is 265 g/mol. The minimum Gasteiger partial charge on any atom is -0.319 e.